The highest BCUT2D eigenvalue weighted by Crippen LogP contribution is 2.31. The molecule has 0 N–H and O–H groups in total. The van der Waals surface area contributed by atoms with E-state index in [9.17, 15) is 17.6 Å². The summed E-state index contributed by atoms with van der Waals surface area (Å²) >= 11 is 0. The summed E-state index contributed by atoms with van der Waals surface area (Å²) in [5.74, 6) is -3.94. The minimum atomic E-state index is -3.94. The van der Waals surface area contributed by atoms with E-state index in [1.807, 2.05) is 22.9 Å². The zero-order chi connectivity index (χ0) is 12.6. The highest BCUT2D eigenvalue weighted by atomic mass is 19.3. The van der Waals surface area contributed by atoms with Gasteiger partial charge in [0.1, 0.15) is 0 Å². The Bertz CT molecular complexity index is 389. The first-order chi connectivity index (χ1) is 7.92. The van der Waals surface area contributed by atoms with Crippen LogP contribution in [0.2, 0.25) is 0 Å². The largest absolute Gasteiger partial charge is 0.349 e. The maximum absolute atomic E-state index is 13.0. The van der Waals surface area contributed by atoms with E-state index in [2.05, 4.69) is 0 Å². The van der Waals surface area contributed by atoms with E-state index in [1.165, 1.54) is 4.90 Å². The number of fused-ring (bicyclic) bond motifs is 1. The Morgan fingerprint density at radius 2 is 2.12 bits per heavy atom. The van der Waals surface area contributed by atoms with E-state index in [0.29, 0.717) is 13.1 Å². The molecule has 1 aliphatic rings. The first-order valence-electron chi connectivity index (χ1n) is 5.47. The van der Waals surface area contributed by atoms with E-state index in [0.717, 1.165) is 5.69 Å². The van der Waals surface area contributed by atoms with Gasteiger partial charge in [0, 0.05) is 31.0 Å². The van der Waals surface area contributed by atoms with Crippen molar-refractivity contribution in [3.8, 4) is 0 Å². The molecule has 0 spiro atoms. The Hall–Kier alpha value is -1.04. The highest BCUT2D eigenvalue weighted by molar-refractivity contribution is 5.13. The molecule has 6 heteroatoms. The summed E-state index contributed by atoms with van der Waals surface area (Å²) in [6, 6.07) is 3.40. The predicted molar refractivity (Wildman–Crippen MR) is 55.4 cm³/mol. The summed E-state index contributed by atoms with van der Waals surface area (Å²) in [7, 11) is 0. The molecule has 0 fully saturated rings. The van der Waals surface area contributed by atoms with E-state index < -0.39 is 18.9 Å². The SMILES string of the molecule is CC1c2cccn2CCN1CC(F)(F)C(F)F. The van der Waals surface area contributed by atoms with Crippen molar-refractivity contribution in [1.29, 1.82) is 0 Å². The number of alkyl halides is 4. The van der Waals surface area contributed by atoms with Crippen LogP contribution in [0, 0.1) is 0 Å². The minimum Gasteiger partial charge on any atom is -0.349 e. The van der Waals surface area contributed by atoms with Crippen LogP contribution >= 0.6 is 0 Å². The van der Waals surface area contributed by atoms with Gasteiger partial charge in [0.05, 0.1) is 6.54 Å². The van der Waals surface area contributed by atoms with Gasteiger partial charge in [-0.25, -0.2) is 8.78 Å². The number of halogens is 4. The first-order valence-corrected chi connectivity index (χ1v) is 5.47. The van der Waals surface area contributed by atoms with Crippen LogP contribution < -0.4 is 0 Å². The van der Waals surface area contributed by atoms with Gasteiger partial charge in [-0.15, -0.1) is 0 Å². The molecule has 0 aliphatic carbocycles. The second-order valence-electron chi connectivity index (χ2n) is 4.33. The second kappa shape index (κ2) is 4.33. The van der Waals surface area contributed by atoms with E-state index in [4.69, 9.17) is 0 Å². The number of nitrogens with zero attached hydrogens (tertiary/aromatic N) is 2. The molecule has 0 radical (unpaired) electrons. The molecule has 0 saturated carbocycles. The Morgan fingerprint density at radius 1 is 1.41 bits per heavy atom. The second-order valence-corrected chi connectivity index (χ2v) is 4.33. The lowest BCUT2D eigenvalue weighted by atomic mass is 10.1. The smallest absolute Gasteiger partial charge is 0.319 e. The van der Waals surface area contributed by atoms with Crippen LogP contribution in [0.1, 0.15) is 18.7 Å². The summed E-state index contributed by atoms with van der Waals surface area (Å²) in [6.07, 6.45) is -1.74. The summed E-state index contributed by atoms with van der Waals surface area (Å²) in [6.45, 7) is 1.79. The topological polar surface area (TPSA) is 8.17 Å². The molecule has 1 aliphatic heterocycles. The van der Waals surface area contributed by atoms with Crippen molar-refractivity contribution in [2.45, 2.75) is 31.9 Å². The molecule has 0 amide bonds. The molecule has 1 aromatic rings. The predicted octanol–water partition coefficient (Wildman–Crippen LogP) is 2.77. The Balaban J connectivity index is 2.10. The first kappa shape index (κ1) is 12.4. The zero-order valence-electron chi connectivity index (χ0n) is 9.41. The maximum atomic E-state index is 13.0. The van der Waals surface area contributed by atoms with Gasteiger partial charge in [-0.2, -0.15) is 8.78 Å². The fourth-order valence-corrected chi connectivity index (χ4v) is 2.18. The lowest BCUT2D eigenvalue weighted by Gasteiger charge is -2.36. The van der Waals surface area contributed by atoms with Crippen molar-refractivity contribution in [3.63, 3.8) is 0 Å². The van der Waals surface area contributed by atoms with Crippen LogP contribution in [0.25, 0.3) is 0 Å². The van der Waals surface area contributed by atoms with Crippen molar-refractivity contribution in [2.24, 2.45) is 0 Å². The van der Waals surface area contributed by atoms with Gasteiger partial charge in [-0.05, 0) is 19.1 Å². The third-order valence-electron chi connectivity index (χ3n) is 3.20. The van der Waals surface area contributed by atoms with Crippen LogP contribution in [0.3, 0.4) is 0 Å². The average molecular weight is 250 g/mol. The van der Waals surface area contributed by atoms with Crippen molar-refractivity contribution < 1.29 is 17.6 Å². The molecule has 2 rings (SSSR count). The minimum absolute atomic E-state index is 0.261. The van der Waals surface area contributed by atoms with E-state index in [-0.39, 0.29) is 6.04 Å². The van der Waals surface area contributed by atoms with Gasteiger partial charge >= 0.3 is 12.3 Å². The Kier molecular flexibility index (Phi) is 3.16. The highest BCUT2D eigenvalue weighted by Gasteiger charge is 2.43. The van der Waals surface area contributed by atoms with Crippen LogP contribution in [-0.4, -0.2) is 34.9 Å². The molecule has 96 valence electrons. The number of hydrogen-bond donors (Lipinski definition) is 0. The molecule has 1 atom stereocenters. The van der Waals surface area contributed by atoms with Crippen LogP contribution in [0.4, 0.5) is 17.6 Å². The number of aromatic nitrogens is 1. The maximum Gasteiger partial charge on any atom is 0.319 e. The summed E-state index contributed by atoms with van der Waals surface area (Å²) in [5.41, 5.74) is 0.890. The van der Waals surface area contributed by atoms with Crippen molar-refractivity contribution >= 4 is 0 Å². The summed E-state index contributed by atoms with van der Waals surface area (Å²) < 4.78 is 52.3. The van der Waals surface area contributed by atoms with Crippen molar-refractivity contribution in [1.82, 2.24) is 9.47 Å². The lowest BCUT2D eigenvalue weighted by molar-refractivity contribution is -0.147. The fourth-order valence-electron chi connectivity index (χ4n) is 2.18. The van der Waals surface area contributed by atoms with Crippen LogP contribution in [-0.2, 0) is 6.54 Å². The summed E-state index contributed by atoms with van der Waals surface area (Å²) in [4.78, 5) is 1.40. The van der Waals surface area contributed by atoms with Gasteiger partial charge in [0.2, 0.25) is 0 Å². The molecule has 17 heavy (non-hydrogen) atoms. The monoisotopic (exact) mass is 250 g/mol. The number of rotatable bonds is 3. The number of hydrogen-bond acceptors (Lipinski definition) is 1. The standard InChI is InChI=1S/C11H14F4N2/c1-8-9-3-2-4-16(9)5-6-17(8)7-11(14,15)10(12)13/h2-4,8,10H,5-7H2,1H3. The van der Waals surface area contributed by atoms with Gasteiger partial charge < -0.3 is 4.57 Å². The van der Waals surface area contributed by atoms with Crippen LogP contribution in [0.5, 0.6) is 0 Å². The quantitative estimate of drug-likeness (QED) is 0.749. The van der Waals surface area contributed by atoms with Crippen LogP contribution in [0.15, 0.2) is 18.3 Å². The summed E-state index contributed by atoms with van der Waals surface area (Å²) in [5, 5.41) is 0. The molecule has 1 unspecified atom stereocenters. The molecule has 1 aromatic heterocycles. The normalized spacial score (nSPS) is 21.9. The van der Waals surface area contributed by atoms with Crippen molar-refractivity contribution in [3.05, 3.63) is 24.0 Å². The molecule has 2 nitrogen and oxygen atoms in total. The lowest BCUT2D eigenvalue weighted by Crippen LogP contribution is -2.46. The average Bonchev–Trinajstić information content (AvgIpc) is 2.70. The fraction of sp³-hybridized carbons (Fsp3) is 0.636. The third-order valence-corrected chi connectivity index (χ3v) is 3.20. The van der Waals surface area contributed by atoms with E-state index >= 15 is 0 Å². The van der Waals surface area contributed by atoms with E-state index in [1.54, 1.807) is 6.92 Å². The molecule has 0 saturated heterocycles. The zero-order valence-corrected chi connectivity index (χ0v) is 9.41. The van der Waals surface area contributed by atoms with Gasteiger partial charge in [-0.1, -0.05) is 0 Å². The van der Waals surface area contributed by atoms with Crippen molar-refractivity contribution in [2.75, 3.05) is 13.1 Å². The van der Waals surface area contributed by atoms with Gasteiger partial charge in [0.25, 0.3) is 0 Å². The molecule has 2 heterocycles. The Morgan fingerprint density at radius 3 is 2.76 bits per heavy atom. The van der Waals surface area contributed by atoms with Gasteiger partial charge in [0.15, 0.2) is 0 Å². The molecular formula is C11H14F4N2. The molecule has 0 aromatic carbocycles. The molecule has 0 bridgehead atoms. The third kappa shape index (κ3) is 2.31. The Labute approximate surface area is 96.8 Å². The van der Waals surface area contributed by atoms with Gasteiger partial charge in [-0.3, -0.25) is 4.90 Å². The molecular weight excluding hydrogens is 236 g/mol.